The average Bonchev–Trinajstić information content (AvgIpc) is 1.61. The number of anilines is 2. The lowest BCUT2D eigenvalue weighted by atomic mass is 10.1. The quantitative estimate of drug-likeness (QED) is 0.0301. The minimum absolute atomic E-state index is 0.0141. The molecule has 2 unspecified atom stereocenters. The SMILES string of the molecule is CC(C)(C)OC(=O)NCCOCCOCCO.CCCOCCOCCOc1ccc(-c2ccc(NC(=O)c3cccn(C4CCc5c(OC)cccc54)c3=O)cc2)cc1.COc1cccc2c1CCC2n1cccc(C(=O)Nc2ccc(-c3ccc(O)cc3)cc2)c1=O. The number of fused-ring (bicyclic) bond motifs is 2. The van der Waals surface area contributed by atoms with Crippen LogP contribution in [0, 0.1) is 0 Å². The first-order chi connectivity index (χ1) is 45.6. The van der Waals surface area contributed by atoms with E-state index in [2.05, 4.69) is 22.9 Å². The van der Waals surface area contributed by atoms with Crippen LogP contribution in [-0.2, 0) is 36.5 Å². The number of amides is 3. The fraction of sp³-hybridized carbons (Fsp3) is 0.338. The number of phenols is 1. The van der Waals surface area contributed by atoms with E-state index in [1.165, 1.54) is 0 Å². The number of phenolic OH excluding ortho intramolecular Hbond substituents is 1. The number of carbonyl (C=O) groups excluding carboxylic acids is 3. The van der Waals surface area contributed by atoms with E-state index >= 15 is 0 Å². The largest absolute Gasteiger partial charge is 0.508 e. The Bertz CT molecular complexity index is 3850. The molecule has 8 aromatic rings. The van der Waals surface area contributed by atoms with Crippen molar-refractivity contribution in [2.24, 2.45) is 0 Å². The van der Waals surface area contributed by atoms with Crippen molar-refractivity contribution in [3.05, 3.63) is 224 Å². The molecule has 20 heteroatoms. The molecule has 0 saturated heterocycles. The number of ether oxygens (including phenoxy) is 8. The topological polar surface area (TPSA) is 246 Å². The van der Waals surface area contributed by atoms with Crippen molar-refractivity contribution in [1.29, 1.82) is 0 Å². The van der Waals surface area contributed by atoms with Gasteiger partial charge in [-0.25, -0.2) is 4.79 Å². The first kappa shape index (κ1) is 70.3. The average molecular weight is 1280 g/mol. The zero-order valence-electron chi connectivity index (χ0n) is 54.2. The molecular weight excluding hydrogens is 1200 g/mol. The molecule has 3 amide bonds. The number of nitrogens with one attached hydrogen (secondary N) is 3. The molecule has 0 saturated carbocycles. The van der Waals surface area contributed by atoms with Crippen LogP contribution in [0.4, 0.5) is 16.2 Å². The molecule has 0 fully saturated rings. The van der Waals surface area contributed by atoms with Crippen LogP contribution in [0.15, 0.2) is 180 Å². The van der Waals surface area contributed by atoms with Crippen molar-refractivity contribution in [3.8, 4) is 45.3 Å². The van der Waals surface area contributed by atoms with Crippen LogP contribution in [0.1, 0.15) is 102 Å². The van der Waals surface area contributed by atoms with Gasteiger partial charge in [0.25, 0.3) is 22.9 Å². The number of aliphatic hydroxyl groups is 1. The van der Waals surface area contributed by atoms with E-state index in [0.29, 0.717) is 70.8 Å². The summed E-state index contributed by atoms with van der Waals surface area (Å²) >= 11 is 0. The van der Waals surface area contributed by atoms with Crippen LogP contribution in [0.2, 0.25) is 0 Å². The summed E-state index contributed by atoms with van der Waals surface area (Å²) in [5.41, 5.74) is 8.58. The predicted octanol–water partition coefficient (Wildman–Crippen LogP) is 11.7. The number of methoxy groups -OCH3 is 2. The van der Waals surface area contributed by atoms with Crippen molar-refractivity contribution in [2.45, 2.75) is 77.5 Å². The molecule has 2 heterocycles. The molecule has 5 N–H and O–H groups in total. The maximum absolute atomic E-state index is 13.4. The van der Waals surface area contributed by atoms with Crippen LogP contribution < -0.4 is 41.3 Å². The third-order valence-corrected chi connectivity index (χ3v) is 15.4. The summed E-state index contributed by atoms with van der Waals surface area (Å²) in [4.78, 5) is 64.0. The van der Waals surface area contributed by atoms with Gasteiger partial charge in [0.2, 0.25) is 0 Å². The van der Waals surface area contributed by atoms with Gasteiger partial charge in [0.1, 0.15) is 46.3 Å². The maximum atomic E-state index is 13.4. The van der Waals surface area contributed by atoms with Gasteiger partial charge < -0.3 is 73.2 Å². The predicted molar refractivity (Wildman–Crippen MR) is 362 cm³/mol. The molecule has 0 radical (unpaired) electrons. The summed E-state index contributed by atoms with van der Waals surface area (Å²) in [6.07, 6.45) is 7.24. The van der Waals surface area contributed by atoms with Gasteiger partial charge in [0, 0.05) is 36.9 Å². The summed E-state index contributed by atoms with van der Waals surface area (Å²) in [5, 5.41) is 26.2. The fourth-order valence-electron chi connectivity index (χ4n) is 10.9. The fourth-order valence-corrected chi connectivity index (χ4v) is 10.9. The maximum Gasteiger partial charge on any atom is 0.407 e. The Labute approximate surface area is 548 Å². The van der Waals surface area contributed by atoms with Crippen LogP contribution in [0.25, 0.3) is 22.3 Å². The van der Waals surface area contributed by atoms with Crippen molar-refractivity contribution in [1.82, 2.24) is 14.5 Å². The summed E-state index contributed by atoms with van der Waals surface area (Å²) < 4.78 is 46.2. The highest BCUT2D eigenvalue weighted by Crippen LogP contribution is 2.40. The Morgan fingerprint density at radius 1 is 0.521 bits per heavy atom. The van der Waals surface area contributed by atoms with E-state index in [9.17, 15) is 29.1 Å². The number of aliphatic hydroxyl groups excluding tert-OH is 1. The molecule has 6 aromatic carbocycles. The molecule has 20 nitrogen and oxygen atoms in total. The van der Waals surface area contributed by atoms with Crippen molar-refractivity contribution in [2.75, 3.05) is 97.5 Å². The molecule has 2 aliphatic rings. The lowest BCUT2D eigenvalue weighted by Gasteiger charge is -2.19. The van der Waals surface area contributed by atoms with E-state index in [0.717, 1.165) is 100 Å². The lowest BCUT2D eigenvalue weighted by Crippen LogP contribution is -2.34. The Kier molecular flexibility index (Phi) is 26.5. The molecule has 2 aliphatic carbocycles. The third-order valence-electron chi connectivity index (χ3n) is 15.4. The van der Waals surface area contributed by atoms with Crippen LogP contribution in [0.5, 0.6) is 23.0 Å². The molecule has 496 valence electrons. The standard InChI is InChI=1S/C35H38N2O6.C28H24N2O4.C11H23NO5/c1-3-20-41-21-22-42-23-24-43-28-15-11-26(12-16-28)25-9-13-27(14-10-25)36-34(38)31-7-5-19-37(35(31)39)32-18-17-30-29(32)6-4-8-33(30)40-2;1-34-26-6-2-4-22-23(26)15-16-25(22)30-17-3-5-24(28(30)33)27(32)29-20-11-7-18(8-12-20)19-9-13-21(31)14-10-19;1-11(2,3)17-10(14)12-4-6-15-8-9-16-7-5-13/h4-16,19,32H,3,17-18,20-24H2,1-2H3,(H,36,38);2-14,17,25,31H,15-16H2,1H3,(H,29,32);13H,4-9H2,1-3H3,(H,12,14). The number of hydrogen-bond acceptors (Lipinski definition) is 15. The Morgan fingerprint density at radius 3 is 1.39 bits per heavy atom. The number of nitrogens with zero attached hydrogens (tertiary/aromatic N) is 2. The van der Waals surface area contributed by atoms with Crippen molar-refractivity contribution < 1.29 is 62.5 Å². The molecular formula is C74H85N5O15. The minimum Gasteiger partial charge on any atom is -0.508 e. The third kappa shape index (κ3) is 20.0. The van der Waals surface area contributed by atoms with Gasteiger partial charge in [0.15, 0.2) is 0 Å². The van der Waals surface area contributed by atoms with E-state index in [1.54, 1.807) is 84.3 Å². The number of benzene rings is 6. The molecule has 0 spiro atoms. The summed E-state index contributed by atoms with van der Waals surface area (Å²) in [6.45, 7) is 12.4. The minimum atomic E-state index is -0.483. The Morgan fingerprint density at radius 2 is 0.947 bits per heavy atom. The first-order valence-corrected chi connectivity index (χ1v) is 31.6. The van der Waals surface area contributed by atoms with Crippen LogP contribution >= 0.6 is 0 Å². The molecule has 2 aromatic heterocycles. The van der Waals surface area contributed by atoms with Crippen molar-refractivity contribution in [3.63, 3.8) is 0 Å². The van der Waals surface area contributed by atoms with E-state index in [1.807, 2.05) is 130 Å². The molecule has 2 atom stereocenters. The lowest BCUT2D eigenvalue weighted by molar-refractivity contribution is 0.0303. The van der Waals surface area contributed by atoms with Crippen molar-refractivity contribution >= 4 is 29.3 Å². The number of rotatable bonds is 27. The zero-order chi connectivity index (χ0) is 66.8. The monoisotopic (exact) mass is 1280 g/mol. The highest BCUT2D eigenvalue weighted by Gasteiger charge is 2.30. The number of aromatic hydroxyl groups is 1. The van der Waals surface area contributed by atoms with Crippen LogP contribution in [-0.4, -0.2) is 130 Å². The molecule has 0 aliphatic heterocycles. The zero-order valence-corrected chi connectivity index (χ0v) is 54.2. The highest BCUT2D eigenvalue weighted by molar-refractivity contribution is 6.04. The normalized spacial score (nSPS) is 13.6. The van der Waals surface area contributed by atoms with Gasteiger partial charge in [-0.2, -0.15) is 0 Å². The van der Waals surface area contributed by atoms with Gasteiger partial charge in [-0.3, -0.25) is 19.2 Å². The second-order valence-corrected chi connectivity index (χ2v) is 23.0. The number of carbonyl (C=O) groups is 3. The Hall–Kier alpha value is -9.57. The number of aromatic nitrogens is 2. The van der Waals surface area contributed by atoms with Gasteiger partial charge >= 0.3 is 6.09 Å². The Balaban J connectivity index is 0.000000198. The first-order valence-electron chi connectivity index (χ1n) is 31.6. The smallest absolute Gasteiger partial charge is 0.407 e. The van der Waals surface area contributed by atoms with Gasteiger partial charge in [-0.05, 0) is 182 Å². The number of alkyl carbamates (subject to hydrolysis) is 1. The molecule has 10 rings (SSSR count). The van der Waals surface area contributed by atoms with E-state index in [-0.39, 0.29) is 46.7 Å². The summed E-state index contributed by atoms with van der Waals surface area (Å²) in [6, 6.07) is 47.8. The molecule has 94 heavy (non-hydrogen) atoms. The number of hydrogen-bond donors (Lipinski definition) is 5. The summed E-state index contributed by atoms with van der Waals surface area (Å²) in [5.74, 6) is 1.77. The molecule has 0 bridgehead atoms. The highest BCUT2D eigenvalue weighted by atomic mass is 16.6. The van der Waals surface area contributed by atoms with Crippen LogP contribution in [0.3, 0.4) is 0 Å². The summed E-state index contributed by atoms with van der Waals surface area (Å²) in [7, 11) is 3.31. The van der Waals surface area contributed by atoms with Gasteiger partial charge in [-0.1, -0.05) is 79.7 Å². The van der Waals surface area contributed by atoms with E-state index < -0.39 is 23.5 Å². The second-order valence-electron chi connectivity index (χ2n) is 23.0. The van der Waals surface area contributed by atoms with Gasteiger partial charge in [-0.15, -0.1) is 0 Å². The van der Waals surface area contributed by atoms with E-state index in [4.69, 9.17) is 43.0 Å². The van der Waals surface area contributed by atoms with Gasteiger partial charge in [0.05, 0.1) is 79.2 Å². The second kappa shape index (κ2) is 35.5. The number of pyridine rings is 2.